The molecular formula is C14H18N2O2. The van der Waals surface area contributed by atoms with Crippen molar-refractivity contribution in [3.8, 4) is 0 Å². The SMILES string of the molecule is OCCN(CCO)Cc1ccc2ncccc2c1. The number of aromatic nitrogens is 1. The fraction of sp³-hybridized carbons (Fsp3) is 0.357. The van der Waals surface area contributed by atoms with Crippen LogP contribution in [0.25, 0.3) is 10.9 Å². The molecule has 0 bridgehead atoms. The number of benzene rings is 1. The molecule has 1 heterocycles. The van der Waals surface area contributed by atoms with Gasteiger partial charge in [0.2, 0.25) is 0 Å². The van der Waals surface area contributed by atoms with Gasteiger partial charge in [-0.25, -0.2) is 0 Å². The van der Waals surface area contributed by atoms with Crippen LogP contribution in [0.15, 0.2) is 36.5 Å². The van der Waals surface area contributed by atoms with Crippen molar-refractivity contribution in [2.24, 2.45) is 0 Å². The molecular weight excluding hydrogens is 228 g/mol. The van der Waals surface area contributed by atoms with Gasteiger partial charge >= 0.3 is 0 Å². The maximum Gasteiger partial charge on any atom is 0.0702 e. The molecule has 2 N–H and O–H groups in total. The predicted molar refractivity (Wildman–Crippen MR) is 71.2 cm³/mol. The number of fused-ring (bicyclic) bond motifs is 1. The van der Waals surface area contributed by atoms with Crippen molar-refractivity contribution in [2.75, 3.05) is 26.3 Å². The van der Waals surface area contributed by atoms with Crippen LogP contribution >= 0.6 is 0 Å². The topological polar surface area (TPSA) is 56.6 Å². The summed E-state index contributed by atoms with van der Waals surface area (Å²) in [5.74, 6) is 0. The van der Waals surface area contributed by atoms with Crippen LogP contribution in [0.4, 0.5) is 0 Å². The summed E-state index contributed by atoms with van der Waals surface area (Å²) in [4.78, 5) is 6.31. The fourth-order valence-electron chi connectivity index (χ4n) is 2.03. The first-order chi connectivity index (χ1) is 8.83. The molecule has 2 rings (SSSR count). The van der Waals surface area contributed by atoms with E-state index in [1.165, 1.54) is 0 Å². The van der Waals surface area contributed by atoms with Gasteiger partial charge < -0.3 is 10.2 Å². The minimum absolute atomic E-state index is 0.106. The molecule has 0 aliphatic rings. The lowest BCUT2D eigenvalue weighted by Gasteiger charge is -2.20. The summed E-state index contributed by atoms with van der Waals surface area (Å²) in [7, 11) is 0. The van der Waals surface area contributed by atoms with Gasteiger partial charge in [0.15, 0.2) is 0 Å². The minimum Gasteiger partial charge on any atom is -0.395 e. The van der Waals surface area contributed by atoms with Gasteiger partial charge in [-0.1, -0.05) is 12.1 Å². The minimum atomic E-state index is 0.106. The van der Waals surface area contributed by atoms with E-state index in [1.54, 1.807) is 6.20 Å². The molecule has 0 aliphatic carbocycles. The Labute approximate surface area is 107 Å². The molecule has 1 aromatic heterocycles. The van der Waals surface area contributed by atoms with Crippen LogP contribution in [0.5, 0.6) is 0 Å². The van der Waals surface area contributed by atoms with Crippen LogP contribution in [0, 0.1) is 0 Å². The van der Waals surface area contributed by atoms with Crippen LogP contribution in [0.3, 0.4) is 0 Å². The standard InChI is InChI=1S/C14H18N2O2/c17-8-6-16(7-9-18)11-12-3-4-14-13(10-12)2-1-5-15-14/h1-5,10,17-18H,6-9,11H2. The number of aliphatic hydroxyl groups excluding tert-OH is 2. The summed E-state index contributed by atoms with van der Waals surface area (Å²) >= 11 is 0. The van der Waals surface area contributed by atoms with E-state index in [0.29, 0.717) is 13.1 Å². The largest absolute Gasteiger partial charge is 0.395 e. The quantitative estimate of drug-likeness (QED) is 0.799. The normalized spacial score (nSPS) is 11.3. The Bertz CT molecular complexity index is 496. The van der Waals surface area contributed by atoms with Crippen molar-refractivity contribution in [3.63, 3.8) is 0 Å². The van der Waals surface area contributed by atoms with Gasteiger partial charge in [-0.3, -0.25) is 9.88 Å². The molecule has 0 spiro atoms. The molecule has 18 heavy (non-hydrogen) atoms. The number of rotatable bonds is 6. The number of pyridine rings is 1. The van der Waals surface area contributed by atoms with E-state index in [9.17, 15) is 0 Å². The van der Waals surface area contributed by atoms with E-state index in [2.05, 4.69) is 11.1 Å². The van der Waals surface area contributed by atoms with Crippen molar-refractivity contribution < 1.29 is 10.2 Å². The molecule has 0 amide bonds. The van der Waals surface area contributed by atoms with E-state index in [1.807, 2.05) is 29.2 Å². The highest BCUT2D eigenvalue weighted by Crippen LogP contribution is 2.14. The van der Waals surface area contributed by atoms with Crippen LogP contribution in [-0.2, 0) is 6.54 Å². The zero-order valence-electron chi connectivity index (χ0n) is 10.3. The van der Waals surface area contributed by atoms with Crippen LogP contribution in [0.1, 0.15) is 5.56 Å². The van der Waals surface area contributed by atoms with Gasteiger partial charge in [-0.05, 0) is 23.8 Å². The van der Waals surface area contributed by atoms with Crippen molar-refractivity contribution in [3.05, 3.63) is 42.1 Å². The third-order valence-corrected chi connectivity index (χ3v) is 2.91. The van der Waals surface area contributed by atoms with E-state index in [0.717, 1.165) is 23.0 Å². The van der Waals surface area contributed by atoms with Gasteiger partial charge in [0.05, 0.1) is 18.7 Å². The Hall–Kier alpha value is -1.49. The fourth-order valence-corrected chi connectivity index (χ4v) is 2.03. The predicted octanol–water partition coefficient (Wildman–Crippen LogP) is 1.02. The highest BCUT2D eigenvalue weighted by Gasteiger charge is 2.05. The highest BCUT2D eigenvalue weighted by atomic mass is 16.3. The summed E-state index contributed by atoms with van der Waals surface area (Å²) < 4.78 is 0. The molecule has 4 heteroatoms. The monoisotopic (exact) mass is 246 g/mol. The van der Waals surface area contributed by atoms with Crippen LogP contribution in [0.2, 0.25) is 0 Å². The molecule has 0 unspecified atom stereocenters. The zero-order chi connectivity index (χ0) is 12.8. The second-order valence-corrected chi connectivity index (χ2v) is 4.25. The highest BCUT2D eigenvalue weighted by molar-refractivity contribution is 5.78. The van der Waals surface area contributed by atoms with Crippen molar-refractivity contribution in [2.45, 2.75) is 6.54 Å². The first-order valence-corrected chi connectivity index (χ1v) is 6.11. The van der Waals surface area contributed by atoms with Gasteiger partial charge in [0.1, 0.15) is 0 Å². The molecule has 96 valence electrons. The Balaban J connectivity index is 2.14. The lowest BCUT2D eigenvalue weighted by molar-refractivity contribution is 0.156. The molecule has 1 aromatic carbocycles. The molecule has 4 nitrogen and oxygen atoms in total. The number of hydrogen-bond acceptors (Lipinski definition) is 4. The summed E-state index contributed by atoms with van der Waals surface area (Å²) in [6.07, 6.45) is 1.78. The molecule has 0 saturated heterocycles. The maximum absolute atomic E-state index is 8.98. The summed E-state index contributed by atoms with van der Waals surface area (Å²) in [6, 6.07) is 10.1. The van der Waals surface area contributed by atoms with Crippen LogP contribution < -0.4 is 0 Å². The summed E-state index contributed by atoms with van der Waals surface area (Å²) in [5, 5.41) is 19.1. The molecule has 0 fully saturated rings. The lowest BCUT2D eigenvalue weighted by atomic mass is 10.1. The van der Waals surface area contributed by atoms with Gasteiger partial charge in [0, 0.05) is 31.2 Å². The average Bonchev–Trinajstić information content (AvgIpc) is 2.39. The smallest absolute Gasteiger partial charge is 0.0702 e. The third kappa shape index (κ3) is 3.26. The van der Waals surface area contributed by atoms with E-state index in [4.69, 9.17) is 10.2 Å². The molecule has 0 radical (unpaired) electrons. The molecule has 0 saturated carbocycles. The number of aliphatic hydroxyl groups is 2. The van der Waals surface area contributed by atoms with E-state index >= 15 is 0 Å². The summed E-state index contributed by atoms with van der Waals surface area (Å²) in [5.41, 5.74) is 2.15. The summed E-state index contributed by atoms with van der Waals surface area (Å²) in [6.45, 7) is 2.09. The zero-order valence-corrected chi connectivity index (χ0v) is 10.3. The maximum atomic E-state index is 8.98. The van der Waals surface area contributed by atoms with E-state index in [-0.39, 0.29) is 13.2 Å². The Morgan fingerprint density at radius 2 is 1.83 bits per heavy atom. The number of hydrogen-bond donors (Lipinski definition) is 2. The van der Waals surface area contributed by atoms with Crippen molar-refractivity contribution in [1.82, 2.24) is 9.88 Å². The third-order valence-electron chi connectivity index (χ3n) is 2.91. The van der Waals surface area contributed by atoms with Crippen molar-refractivity contribution >= 4 is 10.9 Å². The first-order valence-electron chi connectivity index (χ1n) is 6.11. The van der Waals surface area contributed by atoms with Gasteiger partial charge in [-0.2, -0.15) is 0 Å². The van der Waals surface area contributed by atoms with Crippen molar-refractivity contribution in [1.29, 1.82) is 0 Å². The van der Waals surface area contributed by atoms with Crippen LogP contribution in [-0.4, -0.2) is 46.4 Å². The van der Waals surface area contributed by atoms with Gasteiger partial charge in [-0.15, -0.1) is 0 Å². The Kier molecular flexibility index (Phi) is 4.64. The molecule has 0 aliphatic heterocycles. The Morgan fingerprint density at radius 1 is 1.06 bits per heavy atom. The second-order valence-electron chi connectivity index (χ2n) is 4.25. The number of nitrogens with zero attached hydrogens (tertiary/aromatic N) is 2. The lowest BCUT2D eigenvalue weighted by Crippen LogP contribution is -2.29. The molecule has 2 aromatic rings. The van der Waals surface area contributed by atoms with Gasteiger partial charge in [0.25, 0.3) is 0 Å². The molecule has 0 atom stereocenters. The average molecular weight is 246 g/mol. The van der Waals surface area contributed by atoms with E-state index < -0.39 is 0 Å². The second kappa shape index (κ2) is 6.44. The Morgan fingerprint density at radius 3 is 2.56 bits per heavy atom. The first kappa shape index (κ1) is 13.0.